The zero-order chi connectivity index (χ0) is 22.8. The molecule has 0 radical (unpaired) electrons. The molecule has 0 spiro atoms. The predicted molar refractivity (Wildman–Crippen MR) is 111 cm³/mol. The maximum absolute atomic E-state index is 14.0. The first-order chi connectivity index (χ1) is 15.2. The molecule has 2 heterocycles. The van der Waals surface area contributed by atoms with E-state index in [4.69, 9.17) is 10.5 Å². The van der Waals surface area contributed by atoms with Gasteiger partial charge in [-0.2, -0.15) is 8.78 Å². The standard InChI is InChI=1S/C22H24F3N3O4/c23-14-8-16(14)28-10-13(20(30)31)18(29)12-2-3-15(19(17(12)28)32-21(24)25)27-7-4-11(9-27)22(26)5-1-6-22/h2-3,10-11,14,16,21H,1,4-9,26H2,(H,30,31)/t11-,14-,16-/m1/s1. The number of aromatic carboxylic acids is 1. The number of fused-ring (bicyclic) bond motifs is 1. The third-order valence-corrected chi connectivity index (χ3v) is 7.23. The number of benzene rings is 1. The van der Waals surface area contributed by atoms with Crippen LogP contribution in [0.15, 0.2) is 23.1 Å². The Kier molecular flexibility index (Phi) is 4.88. The number of hydrogen-bond donors (Lipinski definition) is 2. The zero-order valence-electron chi connectivity index (χ0n) is 17.3. The van der Waals surface area contributed by atoms with Crippen molar-refractivity contribution < 1.29 is 27.8 Å². The second-order valence-electron chi connectivity index (χ2n) is 9.11. The van der Waals surface area contributed by atoms with Crippen LogP contribution in [0.2, 0.25) is 0 Å². The van der Waals surface area contributed by atoms with Crippen LogP contribution < -0.4 is 20.8 Å². The summed E-state index contributed by atoms with van der Waals surface area (Å²) < 4.78 is 47.1. The van der Waals surface area contributed by atoms with Crippen molar-refractivity contribution in [3.8, 4) is 5.75 Å². The van der Waals surface area contributed by atoms with Gasteiger partial charge in [0.2, 0.25) is 5.43 Å². The Morgan fingerprint density at radius 3 is 2.59 bits per heavy atom. The molecule has 1 saturated heterocycles. The lowest BCUT2D eigenvalue weighted by molar-refractivity contribution is -0.0487. The van der Waals surface area contributed by atoms with Crippen LogP contribution in [0.25, 0.3) is 10.9 Å². The summed E-state index contributed by atoms with van der Waals surface area (Å²) in [5.41, 5.74) is 5.25. The maximum Gasteiger partial charge on any atom is 0.387 e. The number of halogens is 3. The van der Waals surface area contributed by atoms with E-state index in [2.05, 4.69) is 0 Å². The van der Waals surface area contributed by atoms with Gasteiger partial charge in [0, 0.05) is 31.2 Å². The van der Waals surface area contributed by atoms with Crippen molar-refractivity contribution in [2.75, 3.05) is 18.0 Å². The lowest BCUT2D eigenvalue weighted by Crippen LogP contribution is -2.53. The summed E-state index contributed by atoms with van der Waals surface area (Å²) >= 11 is 0. The molecule has 10 heteroatoms. The van der Waals surface area contributed by atoms with Gasteiger partial charge in [-0.25, -0.2) is 9.18 Å². The van der Waals surface area contributed by atoms with E-state index in [1.807, 2.05) is 4.90 Å². The summed E-state index contributed by atoms with van der Waals surface area (Å²) in [5.74, 6) is -1.48. The Labute approximate surface area is 181 Å². The molecule has 1 aromatic carbocycles. The molecule has 2 saturated carbocycles. The molecule has 3 atom stereocenters. The number of aromatic nitrogens is 1. The molecule has 2 aliphatic carbocycles. The number of nitrogens with zero attached hydrogens (tertiary/aromatic N) is 2. The molecule has 2 aromatic rings. The first-order valence-electron chi connectivity index (χ1n) is 10.8. The van der Waals surface area contributed by atoms with E-state index in [0.717, 1.165) is 31.9 Å². The Balaban J connectivity index is 1.67. The first kappa shape index (κ1) is 21.1. The summed E-state index contributed by atoms with van der Waals surface area (Å²) in [7, 11) is 0. The number of pyridine rings is 1. The first-order valence-corrected chi connectivity index (χ1v) is 10.8. The number of carboxylic acids is 1. The molecular weight excluding hydrogens is 427 g/mol. The number of ether oxygens (including phenoxy) is 1. The molecule has 1 aliphatic heterocycles. The van der Waals surface area contributed by atoms with Crippen LogP contribution in [0.4, 0.5) is 18.9 Å². The summed E-state index contributed by atoms with van der Waals surface area (Å²) in [6, 6.07) is 2.18. The van der Waals surface area contributed by atoms with Crippen LogP contribution in [0.1, 0.15) is 48.5 Å². The molecule has 0 unspecified atom stereocenters. The van der Waals surface area contributed by atoms with Gasteiger partial charge >= 0.3 is 12.6 Å². The topological polar surface area (TPSA) is 97.8 Å². The van der Waals surface area contributed by atoms with Crippen molar-refractivity contribution in [3.05, 3.63) is 34.1 Å². The van der Waals surface area contributed by atoms with E-state index >= 15 is 0 Å². The molecule has 172 valence electrons. The quantitative estimate of drug-likeness (QED) is 0.700. The average Bonchev–Trinajstić information content (AvgIpc) is 3.23. The van der Waals surface area contributed by atoms with Crippen molar-refractivity contribution in [2.24, 2.45) is 11.7 Å². The van der Waals surface area contributed by atoms with Crippen molar-refractivity contribution in [1.82, 2.24) is 4.57 Å². The fourth-order valence-corrected chi connectivity index (χ4v) is 5.16. The minimum absolute atomic E-state index is 0.00231. The lowest BCUT2D eigenvalue weighted by atomic mass is 9.68. The van der Waals surface area contributed by atoms with Gasteiger partial charge in [-0.15, -0.1) is 0 Å². The molecule has 1 aromatic heterocycles. The van der Waals surface area contributed by atoms with E-state index in [0.29, 0.717) is 18.8 Å². The smallest absolute Gasteiger partial charge is 0.387 e. The van der Waals surface area contributed by atoms with Crippen molar-refractivity contribution in [1.29, 1.82) is 0 Å². The van der Waals surface area contributed by atoms with Gasteiger partial charge in [0.05, 0.1) is 22.6 Å². The summed E-state index contributed by atoms with van der Waals surface area (Å²) in [6.45, 7) is -2.02. The monoisotopic (exact) mass is 451 g/mol. The van der Waals surface area contributed by atoms with Crippen LogP contribution in [0.5, 0.6) is 5.75 Å². The third-order valence-electron chi connectivity index (χ3n) is 7.23. The molecule has 32 heavy (non-hydrogen) atoms. The summed E-state index contributed by atoms with van der Waals surface area (Å²) in [6.07, 6.45) is 3.64. The number of carboxylic acid groups (broad SMARTS) is 1. The number of rotatable bonds is 6. The molecule has 3 N–H and O–H groups in total. The fraction of sp³-hybridized carbons (Fsp3) is 0.545. The second-order valence-corrected chi connectivity index (χ2v) is 9.11. The van der Waals surface area contributed by atoms with Gasteiger partial charge in [0.1, 0.15) is 11.7 Å². The van der Waals surface area contributed by atoms with Gasteiger partial charge in [0.15, 0.2) is 5.75 Å². The Hall–Kier alpha value is -2.75. The minimum Gasteiger partial charge on any atom is -0.477 e. The Bertz CT molecular complexity index is 1150. The van der Waals surface area contributed by atoms with Gasteiger partial charge in [0.25, 0.3) is 0 Å². The SMILES string of the molecule is NC1([C@@H]2CCN(c3ccc4c(=O)c(C(=O)O)cn([C@@H]5C[C@H]5F)c4c3OC(F)F)C2)CCC1. The highest BCUT2D eigenvalue weighted by atomic mass is 19.3. The highest BCUT2D eigenvalue weighted by Crippen LogP contribution is 2.47. The molecule has 0 bridgehead atoms. The third kappa shape index (κ3) is 3.32. The largest absolute Gasteiger partial charge is 0.477 e. The highest BCUT2D eigenvalue weighted by molar-refractivity contribution is 5.97. The average molecular weight is 451 g/mol. The fourth-order valence-electron chi connectivity index (χ4n) is 5.16. The normalized spacial score (nSPS) is 26.4. The van der Waals surface area contributed by atoms with Crippen molar-refractivity contribution in [3.63, 3.8) is 0 Å². The van der Waals surface area contributed by atoms with Crippen LogP contribution in [0, 0.1) is 5.92 Å². The Morgan fingerprint density at radius 2 is 2.03 bits per heavy atom. The number of alkyl halides is 3. The van der Waals surface area contributed by atoms with Crippen LogP contribution in [0.3, 0.4) is 0 Å². The Morgan fingerprint density at radius 1 is 1.31 bits per heavy atom. The van der Waals surface area contributed by atoms with Crippen molar-refractivity contribution >= 4 is 22.6 Å². The predicted octanol–water partition coefficient (Wildman–Crippen LogP) is 3.29. The molecule has 3 aliphatic rings. The molecule has 5 rings (SSSR count). The summed E-state index contributed by atoms with van der Waals surface area (Å²) in [5, 5.41) is 9.33. The van der Waals surface area contributed by atoms with Crippen LogP contribution in [-0.4, -0.2) is 47.1 Å². The number of hydrogen-bond acceptors (Lipinski definition) is 5. The minimum atomic E-state index is -3.17. The van der Waals surface area contributed by atoms with E-state index in [1.54, 1.807) is 0 Å². The molecule has 3 fully saturated rings. The van der Waals surface area contributed by atoms with Gasteiger partial charge in [-0.05, 0) is 43.7 Å². The highest BCUT2D eigenvalue weighted by Gasteiger charge is 2.44. The van der Waals surface area contributed by atoms with Crippen LogP contribution >= 0.6 is 0 Å². The zero-order valence-corrected chi connectivity index (χ0v) is 17.3. The van der Waals surface area contributed by atoms with E-state index in [1.165, 1.54) is 16.7 Å². The number of anilines is 1. The van der Waals surface area contributed by atoms with E-state index in [-0.39, 0.29) is 34.5 Å². The molecule has 0 amide bonds. The van der Waals surface area contributed by atoms with Gasteiger partial charge in [-0.3, -0.25) is 4.79 Å². The van der Waals surface area contributed by atoms with E-state index in [9.17, 15) is 27.9 Å². The molecule has 7 nitrogen and oxygen atoms in total. The van der Waals surface area contributed by atoms with Crippen molar-refractivity contribution in [2.45, 2.75) is 56.5 Å². The van der Waals surface area contributed by atoms with E-state index < -0.39 is 35.8 Å². The van der Waals surface area contributed by atoms with Gasteiger partial charge < -0.3 is 25.0 Å². The second kappa shape index (κ2) is 7.40. The maximum atomic E-state index is 14.0. The van der Waals surface area contributed by atoms with Crippen LogP contribution in [-0.2, 0) is 0 Å². The van der Waals surface area contributed by atoms with Gasteiger partial charge in [-0.1, -0.05) is 0 Å². The number of nitrogens with two attached hydrogens (primary N) is 1. The molecular formula is C22H24F3N3O4. The number of carbonyl (C=O) groups is 1. The summed E-state index contributed by atoms with van der Waals surface area (Å²) in [4.78, 5) is 26.3. The lowest BCUT2D eigenvalue weighted by Gasteiger charge is -2.43.